The van der Waals surface area contributed by atoms with E-state index in [2.05, 4.69) is 0 Å². The molecule has 1 aromatic rings. The van der Waals surface area contributed by atoms with E-state index < -0.39 is 24.3 Å². The molecule has 0 aliphatic carbocycles. The molecule has 0 saturated heterocycles. The summed E-state index contributed by atoms with van der Waals surface area (Å²) in [5, 5.41) is 0. The Morgan fingerprint density at radius 2 is 1.80 bits per heavy atom. The molecule has 0 N–H and O–H groups in total. The van der Waals surface area contributed by atoms with Crippen molar-refractivity contribution >= 4 is 5.78 Å². The Morgan fingerprint density at radius 1 is 1.27 bits per heavy atom. The predicted octanol–water partition coefficient (Wildman–Crippen LogP) is 3.31. The van der Waals surface area contributed by atoms with Crippen LogP contribution in [0.4, 0.5) is 13.2 Å². The second kappa shape index (κ2) is 4.47. The first-order valence-corrected chi connectivity index (χ1v) is 4.52. The lowest BCUT2D eigenvalue weighted by Gasteiger charge is -2.19. The highest BCUT2D eigenvalue weighted by molar-refractivity contribution is 5.76. The van der Waals surface area contributed by atoms with Crippen LogP contribution in [0.1, 0.15) is 24.8 Å². The largest absolute Gasteiger partial charge is 0.396 e. The van der Waals surface area contributed by atoms with Gasteiger partial charge in [0.05, 0.1) is 5.92 Å². The van der Waals surface area contributed by atoms with Gasteiger partial charge in [-0.25, -0.2) is 0 Å². The molecule has 0 aliphatic rings. The minimum Gasteiger partial charge on any atom is -0.300 e. The second-order valence-corrected chi connectivity index (χ2v) is 3.41. The standard InChI is InChI=1S/C11H11F3O/c1-8(15)7-10(11(12,13)14)9-5-3-2-4-6-9/h2-6,10H,7H2,1H3. The van der Waals surface area contributed by atoms with Crippen molar-refractivity contribution in [2.45, 2.75) is 25.4 Å². The number of hydrogen-bond acceptors (Lipinski definition) is 1. The smallest absolute Gasteiger partial charge is 0.300 e. The molecule has 0 fully saturated rings. The molecule has 0 saturated carbocycles. The summed E-state index contributed by atoms with van der Waals surface area (Å²) in [6, 6.07) is 7.50. The normalized spacial score (nSPS) is 13.6. The van der Waals surface area contributed by atoms with Crippen LogP contribution in [-0.2, 0) is 4.79 Å². The Morgan fingerprint density at radius 3 is 2.20 bits per heavy atom. The molecule has 1 unspecified atom stereocenters. The fraction of sp³-hybridized carbons (Fsp3) is 0.364. The van der Waals surface area contributed by atoms with Gasteiger partial charge in [-0.15, -0.1) is 0 Å². The van der Waals surface area contributed by atoms with Crippen molar-refractivity contribution in [1.29, 1.82) is 0 Å². The third kappa shape index (κ3) is 3.38. The highest BCUT2D eigenvalue weighted by Crippen LogP contribution is 2.37. The second-order valence-electron chi connectivity index (χ2n) is 3.41. The van der Waals surface area contributed by atoms with Gasteiger partial charge < -0.3 is 4.79 Å². The van der Waals surface area contributed by atoms with Gasteiger partial charge in [-0.1, -0.05) is 30.3 Å². The number of benzene rings is 1. The van der Waals surface area contributed by atoms with Crippen LogP contribution in [0, 0.1) is 0 Å². The maximum Gasteiger partial charge on any atom is 0.396 e. The molecular weight excluding hydrogens is 205 g/mol. The maximum absolute atomic E-state index is 12.6. The number of carbonyl (C=O) groups is 1. The molecule has 0 bridgehead atoms. The number of rotatable bonds is 3. The van der Waals surface area contributed by atoms with Crippen LogP contribution < -0.4 is 0 Å². The summed E-state index contributed by atoms with van der Waals surface area (Å²) in [6.07, 6.45) is -4.86. The van der Waals surface area contributed by atoms with E-state index in [1.165, 1.54) is 31.2 Å². The summed E-state index contributed by atoms with van der Waals surface area (Å²) in [5.41, 5.74) is 0.139. The fourth-order valence-electron chi connectivity index (χ4n) is 1.40. The quantitative estimate of drug-likeness (QED) is 0.757. The number of Topliss-reactive ketones (excluding diaryl/α,β-unsaturated/α-hetero) is 1. The van der Waals surface area contributed by atoms with Gasteiger partial charge in [-0.05, 0) is 12.5 Å². The van der Waals surface area contributed by atoms with Crippen LogP contribution >= 0.6 is 0 Å². The van der Waals surface area contributed by atoms with E-state index >= 15 is 0 Å². The maximum atomic E-state index is 12.6. The molecule has 1 rings (SSSR count). The third-order valence-electron chi connectivity index (χ3n) is 2.09. The summed E-state index contributed by atoms with van der Waals surface area (Å²) in [4.78, 5) is 10.8. The molecule has 0 heterocycles. The van der Waals surface area contributed by atoms with Gasteiger partial charge in [0, 0.05) is 6.42 Å². The average molecular weight is 216 g/mol. The first kappa shape index (κ1) is 11.8. The lowest BCUT2D eigenvalue weighted by Crippen LogP contribution is -2.22. The van der Waals surface area contributed by atoms with Gasteiger partial charge in [-0.3, -0.25) is 0 Å². The van der Waals surface area contributed by atoms with Crippen LogP contribution in [0.15, 0.2) is 30.3 Å². The number of hydrogen-bond donors (Lipinski definition) is 0. The van der Waals surface area contributed by atoms with Crippen molar-refractivity contribution in [1.82, 2.24) is 0 Å². The van der Waals surface area contributed by atoms with Crippen LogP contribution in [0.5, 0.6) is 0 Å². The summed E-state index contributed by atoms with van der Waals surface area (Å²) in [6.45, 7) is 1.17. The molecule has 4 heteroatoms. The van der Waals surface area contributed by atoms with Gasteiger partial charge in [-0.2, -0.15) is 13.2 Å². The van der Waals surface area contributed by atoms with Crippen molar-refractivity contribution in [3.63, 3.8) is 0 Å². The third-order valence-corrected chi connectivity index (χ3v) is 2.09. The zero-order chi connectivity index (χ0) is 11.5. The van der Waals surface area contributed by atoms with Gasteiger partial charge in [0.25, 0.3) is 0 Å². The number of halogens is 3. The molecule has 82 valence electrons. The lowest BCUT2D eigenvalue weighted by molar-refractivity contribution is -0.156. The molecule has 15 heavy (non-hydrogen) atoms. The van der Waals surface area contributed by atoms with E-state index in [-0.39, 0.29) is 5.56 Å². The molecular formula is C11H11F3O. The van der Waals surface area contributed by atoms with Crippen molar-refractivity contribution in [3.05, 3.63) is 35.9 Å². The van der Waals surface area contributed by atoms with Crippen molar-refractivity contribution in [2.24, 2.45) is 0 Å². The van der Waals surface area contributed by atoms with E-state index in [1.807, 2.05) is 0 Å². The van der Waals surface area contributed by atoms with Gasteiger partial charge in [0.2, 0.25) is 0 Å². The molecule has 0 radical (unpaired) electrons. The zero-order valence-corrected chi connectivity index (χ0v) is 8.21. The lowest BCUT2D eigenvalue weighted by atomic mass is 9.93. The Hall–Kier alpha value is -1.32. The van der Waals surface area contributed by atoms with Gasteiger partial charge in [0.15, 0.2) is 0 Å². The monoisotopic (exact) mass is 216 g/mol. The average Bonchev–Trinajstić information content (AvgIpc) is 2.14. The first-order chi connectivity index (χ1) is 6.91. The summed E-state index contributed by atoms with van der Waals surface area (Å²) in [5.74, 6) is -2.14. The zero-order valence-electron chi connectivity index (χ0n) is 8.21. The topological polar surface area (TPSA) is 17.1 Å². The van der Waals surface area contributed by atoms with Crippen LogP contribution in [-0.4, -0.2) is 12.0 Å². The highest BCUT2D eigenvalue weighted by atomic mass is 19.4. The molecule has 1 aromatic carbocycles. The van der Waals surface area contributed by atoms with E-state index in [9.17, 15) is 18.0 Å². The van der Waals surface area contributed by atoms with E-state index in [0.29, 0.717) is 0 Å². The number of alkyl halides is 3. The summed E-state index contributed by atoms with van der Waals surface area (Å²) < 4.78 is 37.8. The number of ketones is 1. The molecule has 1 atom stereocenters. The Kier molecular flexibility index (Phi) is 3.50. The van der Waals surface area contributed by atoms with Crippen LogP contribution in [0.3, 0.4) is 0 Å². The predicted molar refractivity (Wildman–Crippen MR) is 50.5 cm³/mol. The van der Waals surface area contributed by atoms with Crippen LogP contribution in [0.2, 0.25) is 0 Å². The van der Waals surface area contributed by atoms with E-state index in [0.717, 1.165) is 0 Å². The SMILES string of the molecule is CC(=O)CC(c1ccccc1)C(F)(F)F. The molecule has 0 spiro atoms. The number of carbonyl (C=O) groups excluding carboxylic acids is 1. The Balaban J connectivity index is 2.97. The van der Waals surface area contributed by atoms with Crippen molar-refractivity contribution in [2.75, 3.05) is 0 Å². The van der Waals surface area contributed by atoms with Crippen LogP contribution in [0.25, 0.3) is 0 Å². The van der Waals surface area contributed by atoms with E-state index in [1.54, 1.807) is 6.07 Å². The first-order valence-electron chi connectivity index (χ1n) is 4.52. The molecule has 0 amide bonds. The van der Waals surface area contributed by atoms with Gasteiger partial charge in [0.1, 0.15) is 5.78 Å². The van der Waals surface area contributed by atoms with Crippen molar-refractivity contribution < 1.29 is 18.0 Å². The molecule has 0 aliphatic heterocycles. The van der Waals surface area contributed by atoms with Gasteiger partial charge >= 0.3 is 6.18 Å². The molecule has 0 aromatic heterocycles. The Labute approximate surface area is 85.9 Å². The highest BCUT2D eigenvalue weighted by Gasteiger charge is 2.41. The minimum absolute atomic E-state index is 0.139. The van der Waals surface area contributed by atoms with E-state index in [4.69, 9.17) is 0 Å². The van der Waals surface area contributed by atoms with Crippen molar-refractivity contribution in [3.8, 4) is 0 Å². The Bertz CT molecular complexity index is 329. The minimum atomic E-state index is -4.37. The molecule has 1 nitrogen and oxygen atoms in total. The fourth-order valence-corrected chi connectivity index (χ4v) is 1.40. The summed E-state index contributed by atoms with van der Waals surface area (Å²) in [7, 11) is 0. The summed E-state index contributed by atoms with van der Waals surface area (Å²) >= 11 is 0.